The minimum absolute atomic E-state index is 0.0694. The van der Waals surface area contributed by atoms with Crippen LogP contribution in [0.2, 0.25) is 0 Å². The minimum Gasteiger partial charge on any atom is -0.406 e. The number of rotatable bonds is 8. The van der Waals surface area contributed by atoms with Crippen molar-refractivity contribution in [1.29, 1.82) is 0 Å². The van der Waals surface area contributed by atoms with Crippen LogP contribution in [0.15, 0.2) is 78.0 Å². The van der Waals surface area contributed by atoms with Gasteiger partial charge < -0.3 is 9.64 Å². The normalized spacial score (nSPS) is 19.3. The molecule has 2 aliphatic rings. The highest BCUT2D eigenvalue weighted by molar-refractivity contribution is 8.14. The number of nitrogens with zero attached hydrogens (tertiary/aromatic N) is 5. The lowest BCUT2D eigenvalue weighted by molar-refractivity contribution is -0.274. The van der Waals surface area contributed by atoms with Gasteiger partial charge in [0.2, 0.25) is 5.91 Å². The monoisotopic (exact) mass is 633 g/mol. The number of aliphatic imine (C=N–C) groups is 1. The standard InChI is InChI=1S/C34H34F3N5O2S/c1-21(2)28-14-5-22(3)17-30(28)41-15-4-16-45-33(41)39-31(43)19-25-18-29(25)23-6-8-24(9-7-23)32-38-20-42(40-32)26-10-12-27(13-11-26)44-34(35,36)37/h5-14,17,20-21,25,29H,4,15-16,18-19H2,1-3H3. The topological polar surface area (TPSA) is 72.6 Å². The molecule has 1 saturated carbocycles. The molecule has 0 bridgehead atoms. The van der Waals surface area contributed by atoms with E-state index in [9.17, 15) is 18.0 Å². The number of hydrogen-bond donors (Lipinski definition) is 0. The number of ether oxygens (including phenoxy) is 1. The average molecular weight is 634 g/mol. The van der Waals surface area contributed by atoms with E-state index >= 15 is 0 Å². The summed E-state index contributed by atoms with van der Waals surface area (Å²) in [7, 11) is 0. The lowest BCUT2D eigenvalue weighted by Crippen LogP contribution is -2.35. The fourth-order valence-electron chi connectivity index (χ4n) is 5.71. The Labute approximate surface area is 264 Å². The van der Waals surface area contributed by atoms with Crippen LogP contribution in [-0.2, 0) is 4.79 Å². The van der Waals surface area contributed by atoms with E-state index in [1.807, 2.05) is 24.3 Å². The number of thioether (sulfide) groups is 1. The number of aryl methyl sites for hydroxylation is 1. The summed E-state index contributed by atoms with van der Waals surface area (Å²) < 4.78 is 42.7. The van der Waals surface area contributed by atoms with E-state index in [0.717, 1.165) is 41.6 Å². The maximum Gasteiger partial charge on any atom is 0.573 e. The average Bonchev–Trinajstić information content (AvgIpc) is 3.58. The van der Waals surface area contributed by atoms with Crippen molar-refractivity contribution >= 4 is 28.5 Å². The van der Waals surface area contributed by atoms with Crippen molar-refractivity contribution < 1.29 is 22.7 Å². The molecule has 1 aliphatic carbocycles. The molecular formula is C34H34F3N5O2S. The van der Waals surface area contributed by atoms with Gasteiger partial charge in [0.1, 0.15) is 12.1 Å². The van der Waals surface area contributed by atoms with Gasteiger partial charge in [0, 0.05) is 30.0 Å². The molecule has 1 saturated heterocycles. The molecule has 7 nitrogen and oxygen atoms in total. The molecule has 45 heavy (non-hydrogen) atoms. The van der Waals surface area contributed by atoms with Crippen LogP contribution in [0.25, 0.3) is 17.1 Å². The molecule has 234 valence electrons. The Morgan fingerprint density at radius 2 is 1.84 bits per heavy atom. The summed E-state index contributed by atoms with van der Waals surface area (Å²) in [4.78, 5) is 24.4. The van der Waals surface area contributed by atoms with Gasteiger partial charge in [0.15, 0.2) is 11.0 Å². The van der Waals surface area contributed by atoms with Crippen molar-refractivity contribution in [1.82, 2.24) is 14.8 Å². The van der Waals surface area contributed by atoms with Crippen molar-refractivity contribution in [3.8, 4) is 22.8 Å². The SMILES string of the molecule is Cc1ccc(C(C)C)c(N2CCCSC2=NC(=O)CC2CC2c2ccc(-c3ncn(-c4ccc(OC(F)(F)F)cc4)n3)cc2)c1. The summed E-state index contributed by atoms with van der Waals surface area (Å²) in [6.07, 6.45) is -0.805. The van der Waals surface area contributed by atoms with Crippen LogP contribution in [0.1, 0.15) is 61.6 Å². The van der Waals surface area contributed by atoms with E-state index in [2.05, 4.69) is 63.7 Å². The largest absolute Gasteiger partial charge is 0.573 e. The summed E-state index contributed by atoms with van der Waals surface area (Å²) >= 11 is 1.66. The zero-order valence-corrected chi connectivity index (χ0v) is 26.1. The number of halogens is 3. The molecular weight excluding hydrogens is 599 g/mol. The third-order valence-corrected chi connectivity index (χ3v) is 9.15. The molecule has 3 aromatic carbocycles. The number of anilines is 1. The van der Waals surface area contributed by atoms with Gasteiger partial charge in [0.25, 0.3) is 0 Å². The summed E-state index contributed by atoms with van der Waals surface area (Å²) in [5.74, 6) is 2.04. The summed E-state index contributed by atoms with van der Waals surface area (Å²) in [6.45, 7) is 7.34. The molecule has 6 rings (SSSR count). The van der Waals surface area contributed by atoms with Gasteiger partial charge >= 0.3 is 6.36 Å². The molecule has 0 N–H and O–H groups in total. The number of aromatic nitrogens is 3. The zero-order valence-electron chi connectivity index (χ0n) is 25.3. The van der Waals surface area contributed by atoms with Crippen LogP contribution in [0.4, 0.5) is 18.9 Å². The van der Waals surface area contributed by atoms with E-state index in [0.29, 0.717) is 29.8 Å². The Kier molecular flexibility index (Phi) is 8.72. The van der Waals surface area contributed by atoms with Crippen LogP contribution in [0, 0.1) is 12.8 Å². The second kappa shape index (κ2) is 12.7. The molecule has 2 unspecified atom stereocenters. The van der Waals surface area contributed by atoms with Gasteiger partial charge in [-0.25, -0.2) is 9.67 Å². The van der Waals surface area contributed by atoms with Gasteiger partial charge in [-0.1, -0.05) is 62.0 Å². The van der Waals surface area contributed by atoms with Crippen LogP contribution in [-0.4, -0.2) is 44.5 Å². The predicted octanol–water partition coefficient (Wildman–Crippen LogP) is 8.28. The number of alkyl halides is 3. The molecule has 2 heterocycles. The smallest absolute Gasteiger partial charge is 0.406 e. The maximum atomic E-state index is 13.1. The Balaban J connectivity index is 1.08. The van der Waals surface area contributed by atoms with Crippen molar-refractivity contribution in [2.75, 3.05) is 17.2 Å². The van der Waals surface area contributed by atoms with Crippen LogP contribution >= 0.6 is 11.8 Å². The lowest BCUT2D eigenvalue weighted by atomic mass is 9.98. The number of amides is 1. The Bertz CT molecular complexity index is 1700. The highest BCUT2D eigenvalue weighted by Gasteiger charge is 2.40. The highest BCUT2D eigenvalue weighted by Crippen LogP contribution is 2.50. The number of hydrogen-bond acceptors (Lipinski definition) is 5. The van der Waals surface area contributed by atoms with E-state index in [4.69, 9.17) is 0 Å². The zero-order chi connectivity index (χ0) is 31.7. The van der Waals surface area contributed by atoms with Crippen molar-refractivity contribution in [2.45, 2.75) is 58.2 Å². The lowest BCUT2D eigenvalue weighted by Gasteiger charge is -2.32. The fraction of sp³-hybridized carbons (Fsp3) is 0.353. The van der Waals surface area contributed by atoms with Crippen molar-refractivity contribution in [3.05, 3.63) is 89.7 Å². The van der Waals surface area contributed by atoms with Gasteiger partial charge in [-0.15, -0.1) is 18.3 Å². The Morgan fingerprint density at radius 3 is 2.56 bits per heavy atom. The minimum atomic E-state index is -4.74. The Hall–Kier alpha value is -4.12. The molecule has 2 atom stereocenters. The molecule has 4 aromatic rings. The number of carbonyl (C=O) groups is 1. The molecule has 1 aromatic heterocycles. The van der Waals surface area contributed by atoms with E-state index < -0.39 is 6.36 Å². The first kappa shape index (κ1) is 30.9. The first-order valence-electron chi connectivity index (χ1n) is 15.0. The second-order valence-electron chi connectivity index (χ2n) is 11.8. The van der Waals surface area contributed by atoms with Gasteiger partial charge in [-0.3, -0.25) is 4.79 Å². The molecule has 1 amide bonds. The van der Waals surface area contributed by atoms with Crippen LogP contribution < -0.4 is 9.64 Å². The first-order chi connectivity index (χ1) is 21.5. The quantitative estimate of drug-likeness (QED) is 0.195. The van der Waals surface area contributed by atoms with Crippen LogP contribution in [0.5, 0.6) is 5.75 Å². The van der Waals surface area contributed by atoms with Gasteiger partial charge in [0.05, 0.1) is 5.69 Å². The summed E-state index contributed by atoms with van der Waals surface area (Å²) in [5.41, 5.74) is 6.16. The fourth-order valence-corrected chi connectivity index (χ4v) is 6.68. The number of carbonyl (C=O) groups excluding carboxylic acids is 1. The maximum absolute atomic E-state index is 13.1. The molecule has 0 radical (unpaired) electrons. The third kappa shape index (κ3) is 7.41. The van der Waals surface area contributed by atoms with Crippen molar-refractivity contribution in [2.24, 2.45) is 10.9 Å². The molecule has 11 heteroatoms. The highest BCUT2D eigenvalue weighted by atomic mass is 32.2. The predicted molar refractivity (Wildman–Crippen MR) is 171 cm³/mol. The van der Waals surface area contributed by atoms with E-state index in [1.54, 1.807) is 11.8 Å². The number of amidine groups is 1. The first-order valence-corrected chi connectivity index (χ1v) is 16.0. The summed E-state index contributed by atoms with van der Waals surface area (Å²) in [6, 6.07) is 20.0. The molecule has 1 aliphatic heterocycles. The van der Waals surface area contributed by atoms with Gasteiger partial charge in [-0.2, -0.15) is 4.99 Å². The van der Waals surface area contributed by atoms with Crippen molar-refractivity contribution in [3.63, 3.8) is 0 Å². The Morgan fingerprint density at radius 1 is 1.09 bits per heavy atom. The molecule has 2 fully saturated rings. The third-order valence-electron chi connectivity index (χ3n) is 8.09. The van der Waals surface area contributed by atoms with E-state index in [1.165, 1.54) is 52.0 Å². The van der Waals surface area contributed by atoms with E-state index in [-0.39, 0.29) is 17.6 Å². The summed E-state index contributed by atoms with van der Waals surface area (Å²) in [5, 5.41) is 5.28. The van der Waals surface area contributed by atoms with Crippen LogP contribution in [0.3, 0.4) is 0 Å². The number of benzene rings is 3. The second-order valence-corrected chi connectivity index (χ2v) is 12.9. The van der Waals surface area contributed by atoms with Gasteiger partial charge in [-0.05, 0) is 84.5 Å². The molecule has 0 spiro atoms.